The van der Waals surface area contributed by atoms with Crippen LogP contribution in [0.1, 0.15) is 74.7 Å². The fraction of sp³-hybridized carbons (Fsp3) is 1.00. The normalized spacial score (nSPS) is 23.8. The smallest absolute Gasteiger partial charge is 0.0411 e. The van der Waals surface area contributed by atoms with Crippen LogP contribution in [0.3, 0.4) is 0 Å². The molecule has 1 N–H and O–H groups in total. The first-order valence-corrected chi connectivity index (χ1v) is 6.41. The lowest BCUT2D eigenvalue weighted by Crippen LogP contribution is -2.45. The van der Waals surface area contributed by atoms with Crippen LogP contribution in [0.4, 0.5) is 0 Å². The summed E-state index contributed by atoms with van der Waals surface area (Å²) in [5, 5.41) is 11.1. The van der Waals surface area contributed by atoms with Gasteiger partial charge in [-0.15, -0.1) is 0 Å². The second kappa shape index (κ2) is 5.05. The Morgan fingerprint density at radius 2 is 1.25 bits per heavy atom. The first kappa shape index (κ1) is 15.9. The van der Waals surface area contributed by atoms with Crippen molar-refractivity contribution in [3.05, 3.63) is 0 Å². The van der Waals surface area contributed by atoms with E-state index in [0.717, 1.165) is 12.8 Å². The highest BCUT2D eigenvalue weighted by Crippen LogP contribution is 2.38. The maximum atomic E-state index is 9.62. The maximum Gasteiger partial charge on any atom is 0.0411 e. The van der Waals surface area contributed by atoms with Gasteiger partial charge >= 0.3 is 0 Å². The van der Waals surface area contributed by atoms with E-state index in [1.165, 1.54) is 11.5 Å². The van der Waals surface area contributed by atoms with Gasteiger partial charge in [0.05, 0.1) is 0 Å². The molecule has 0 aromatic rings. The van der Waals surface area contributed by atoms with Gasteiger partial charge < -0.3 is 5.21 Å². The minimum atomic E-state index is -0.0243. The summed E-state index contributed by atoms with van der Waals surface area (Å²) in [6.45, 7) is 17.2. The van der Waals surface area contributed by atoms with Crippen molar-refractivity contribution in [2.45, 2.75) is 85.7 Å². The Labute approximate surface area is 102 Å². The number of hydrogen-bond acceptors (Lipinski definition) is 2. The SMILES string of the molecule is CC1(C)CCC(C)(C)N1O.CCC(C)(C)C. The van der Waals surface area contributed by atoms with Crippen molar-refractivity contribution in [1.29, 1.82) is 0 Å². The van der Waals surface area contributed by atoms with E-state index in [4.69, 9.17) is 0 Å². The Hall–Kier alpha value is -0.0800. The van der Waals surface area contributed by atoms with Crippen molar-refractivity contribution in [3.63, 3.8) is 0 Å². The van der Waals surface area contributed by atoms with Crippen molar-refractivity contribution < 1.29 is 5.21 Å². The number of hydrogen-bond donors (Lipinski definition) is 1. The molecule has 1 saturated heterocycles. The van der Waals surface area contributed by atoms with Gasteiger partial charge in [0.2, 0.25) is 0 Å². The average Bonchev–Trinajstić information content (AvgIpc) is 2.30. The van der Waals surface area contributed by atoms with Crippen LogP contribution in [-0.4, -0.2) is 21.3 Å². The molecular formula is C14H31NO. The van der Waals surface area contributed by atoms with E-state index in [-0.39, 0.29) is 11.1 Å². The Balaban J connectivity index is 0.000000325. The molecule has 0 aromatic heterocycles. The summed E-state index contributed by atoms with van der Waals surface area (Å²) in [5.41, 5.74) is 0.493. The van der Waals surface area contributed by atoms with Crippen LogP contribution in [0.5, 0.6) is 0 Å². The van der Waals surface area contributed by atoms with E-state index in [1.54, 1.807) is 0 Å². The third kappa shape index (κ3) is 4.84. The summed E-state index contributed by atoms with van der Waals surface area (Å²) in [6.07, 6.45) is 3.43. The highest BCUT2D eigenvalue weighted by molar-refractivity contribution is 4.95. The van der Waals surface area contributed by atoms with E-state index < -0.39 is 0 Å². The fourth-order valence-electron chi connectivity index (χ4n) is 1.64. The third-order valence-corrected chi connectivity index (χ3v) is 3.56. The predicted octanol–water partition coefficient (Wildman–Crippen LogP) is 4.47. The Kier molecular flexibility index (Phi) is 5.03. The monoisotopic (exact) mass is 229 g/mol. The van der Waals surface area contributed by atoms with Crippen LogP contribution >= 0.6 is 0 Å². The van der Waals surface area contributed by atoms with Crippen LogP contribution in [0.15, 0.2) is 0 Å². The third-order valence-electron chi connectivity index (χ3n) is 3.56. The summed E-state index contributed by atoms with van der Waals surface area (Å²) >= 11 is 0. The van der Waals surface area contributed by atoms with Crippen LogP contribution < -0.4 is 0 Å². The molecule has 0 unspecified atom stereocenters. The van der Waals surface area contributed by atoms with Gasteiger partial charge in [-0.05, 0) is 46.0 Å². The molecule has 1 fully saturated rings. The molecule has 0 spiro atoms. The highest BCUT2D eigenvalue weighted by Gasteiger charge is 2.43. The van der Waals surface area contributed by atoms with Crippen molar-refractivity contribution in [2.24, 2.45) is 5.41 Å². The van der Waals surface area contributed by atoms with Gasteiger partial charge in [0.25, 0.3) is 0 Å². The summed E-state index contributed by atoms with van der Waals surface area (Å²) < 4.78 is 0. The van der Waals surface area contributed by atoms with Crippen molar-refractivity contribution >= 4 is 0 Å². The van der Waals surface area contributed by atoms with Crippen LogP contribution in [0, 0.1) is 5.41 Å². The molecule has 0 bridgehead atoms. The van der Waals surface area contributed by atoms with Crippen LogP contribution in [0.25, 0.3) is 0 Å². The van der Waals surface area contributed by atoms with E-state index in [1.807, 2.05) is 0 Å². The first-order valence-electron chi connectivity index (χ1n) is 6.41. The van der Waals surface area contributed by atoms with Crippen molar-refractivity contribution in [1.82, 2.24) is 5.06 Å². The van der Waals surface area contributed by atoms with Gasteiger partial charge in [0.15, 0.2) is 0 Å². The molecule has 0 aromatic carbocycles. The van der Waals surface area contributed by atoms with Crippen LogP contribution in [0.2, 0.25) is 0 Å². The molecule has 1 aliphatic heterocycles. The van der Waals surface area contributed by atoms with E-state index in [2.05, 4.69) is 55.4 Å². The van der Waals surface area contributed by atoms with Gasteiger partial charge in [-0.2, -0.15) is 5.06 Å². The molecule has 1 rings (SSSR count). The second-order valence-electron chi connectivity index (χ2n) is 7.35. The number of nitrogens with zero attached hydrogens (tertiary/aromatic N) is 1. The van der Waals surface area contributed by atoms with Gasteiger partial charge in [0, 0.05) is 11.1 Å². The lowest BCUT2D eigenvalue weighted by atomic mass is 9.94. The average molecular weight is 229 g/mol. The van der Waals surface area contributed by atoms with Crippen molar-refractivity contribution in [3.8, 4) is 0 Å². The number of hydroxylamine groups is 2. The van der Waals surface area contributed by atoms with E-state index >= 15 is 0 Å². The fourth-order valence-corrected chi connectivity index (χ4v) is 1.64. The predicted molar refractivity (Wildman–Crippen MR) is 70.8 cm³/mol. The molecule has 98 valence electrons. The molecule has 2 heteroatoms. The minimum Gasteiger partial charge on any atom is -0.313 e. The van der Waals surface area contributed by atoms with Crippen LogP contribution in [-0.2, 0) is 0 Å². The maximum absolute atomic E-state index is 9.62. The Morgan fingerprint density at radius 3 is 1.31 bits per heavy atom. The zero-order valence-corrected chi connectivity index (χ0v) is 12.5. The highest BCUT2D eigenvalue weighted by atomic mass is 16.5. The molecule has 0 saturated carbocycles. The topological polar surface area (TPSA) is 23.5 Å². The zero-order chi connectivity index (χ0) is 13.2. The van der Waals surface area contributed by atoms with Gasteiger partial charge in [-0.25, -0.2) is 0 Å². The molecule has 2 nitrogen and oxygen atoms in total. The minimum absolute atomic E-state index is 0.0243. The molecule has 0 amide bonds. The molecule has 0 aliphatic carbocycles. The largest absolute Gasteiger partial charge is 0.313 e. The van der Waals surface area contributed by atoms with Gasteiger partial charge in [-0.1, -0.05) is 34.1 Å². The summed E-state index contributed by atoms with van der Waals surface area (Å²) in [4.78, 5) is 0. The number of rotatable bonds is 0. The second-order valence-corrected chi connectivity index (χ2v) is 7.35. The standard InChI is InChI=1S/C8H17NO.C6H14/c1-7(2)5-6-8(3,4)9(7)10;1-5-6(2,3)4/h10H,5-6H2,1-4H3;5H2,1-4H3. The van der Waals surface area contributed by atoms with Gasteiger partial charge in [0.1, 0.15) is 0 Å². The quantitative estimate of drug-likeness (QED) is 0.662. The zero-order valence-electron chi connectivity index (χ0n) is 12.5. The molecule has 0 radical (unpaired) electrons. The molecule has 1 heterocycles. The summed E-state index contributed by atoms with van der Waals surface area (Å²) in [6, 6.07) is 0. The molecular weight excluding hydrogens is 198 g/mol. The Bertz CT molecular complexity index is 197. The van der Waals surface area contributed by atoms with Gasteiger partial charge in [-0.3, -0.25) is 0 Å². The van der Waals surface area contributed by atoms with E-state index in [9.17, 15) is 5.21 Å². The first-order chi connectivity index (χ1) is 6.92. The van der Waals surface area contributed by atoms with E-state index in [0.29, 0.717) is 5.41 Å². The summed E-state index contributed by atoms with van der Waals surface area (Å²) in [5.74, 6) is 0. The molecule has 16 heavy (non-hydrogen) atoms. The summed E-state index contributed by atoms with van der Waals surface area (Å²) in [7, 11) is 0. The molecule has 1 aliphatic rings. The lowest BCUT2D eigenvalue weighted by Gasteiger charge is -2.34. The Morgan fingerprint density at radius 1 is 1.00 bits per heavy atom. The lowest BCUT2D eigenvalue weighted by molar-refractivity contribution is -0.191. The molecule has 0 atom stereocenters. The van der Waals surface area contributed by atoms with Crippen molar-refractivity contribution in [2.75, 3.05) is 0 Å².